The Morgan fingerprint density at radius 1 is 1.05 bits per heavy atom. The van der Waals surface area contributed by atoms with Crippen molar-refractivity contribution in [3.05, 3.63) is 86.8 Å². The van der Waals surface area contributed by atoms with Gasteiger partial charge in [0.1, 0.15) is 12.2 Å². The van der Waals surface area contributed by atoms with E-state index in [2.05, 4.69) is 4.90 Å². The Kier molecular flexibility index (Phi) is 5.02. The van der Waals surface area contributed by atoms with E-state index in [0.29, 0.717) is 18.7 Å². The van der Waals surface area contributed by atoms with Gasteiger partial charge in [0, 0.05) is 53.7 Å². The second-order valence-electron chi connectivity index (χ2n) is 9.45. The molecule has 1 saturated heterocycles. The van der Waals surface area contributed by atoms with Crippen LogP contribution in [0.2, 0.25) is 0 Å². The van der Waals surface area contributed by atoms with E-state index in [0.717, 1.165) is 28.0 Å². The normalized spacial score (nSPS) is 22.1. The van der Waals surface area contributed by atoms with E-state index in [1.165, 1.54) is 16.9 Å². The van der Waals surface area contributed by atoms with Gasteiger partial charge in [-0.2, -0.15) is 0 Å². The van der Waals surface area contributed by atoms with Crippen molar-refractivity contribution < 1.29 is 23.4 Å². The summed E-state index contributed by atoms with van der Waals surface area (Å²) in [6.45, 7) is 1.59. The van der Waals surface area contributed by atoms with Crippen LogP contribution in [0.1, 0.15) is 33.2 Å². The lowest BCUT2D eigenvalue weighted by Crippen LogP contribution is -2.66. The number of pyridine rings is 1. The van der Waals surface area contributed by atoms with E-state index in [9.17, 15) is 19.1 Å². The fourth-order valence-electron chi connectivity index (χ4n) is 5.95. The van der Waals surface area contributed by atoms with E-state index in [4.69, 9.17) is 4.74 Å². The summed E-state index contributed by atoms with van der Waals surface area (Å²) >= 11 is 1.71. The van der Waals surface area contributed by atoms with Gasteiger partial charge in [-0.3, -0.25) is 19.3 Å². The fraction of sp³-hybridized carbons (Fsp3) is 0.308. The number of ether oxygens (including phenoxy) is 1. The second kappa shape index (κ2) is 8.22. The number of morpholine rings is 1. The SMILES string of the molecule is O=C1c2c(O)c(=O)ccn2N([C@H]2c3ccc(F)c(F)c3CN3CCSc4cccc2c43)C2COCCN12. The lowest BCUT2D eigenvalue weighted by atomic mass is 9.93. The predicted octanol–water partition coefficient (Wildman–Crippen LogP) is 2.80. The molecular formula is C26H22F2N4O4S. The zero-order valence-corrected chi connectivity index (χ0v) is 20.4. The minimum absolute atomic E-state index is 0.157. The molecular weight excluding hydrogens is 502 g/mol. The van der Waals surface area contributed by atoms with E-state index >= 15 is 4.39 Å². The predicted molar refractivity (Wildman–Crippen MR) is 133 cm³/mol. The van der Waals surface area contributed by atoms with Gasteiger partial charge < -0.3 is 19.6 Å². The molecule has 1 unspecified atom stereocenters. The van der Waals surface area contributed by atoms with Gasteiger partial charge in [0.25, 0.3) is 5.91 Å². The Hall–Kier alpha value is -3.57. The van der Waals surface area contributed by atoms with Crippen LogP contribution >= 0.6 is 11.8 Å². The van der Waals surface area contributed by atoms with Crippen LogP contribution in [-0.4, -0.2) is 58.8 Å². The minimum Gasteiger partial charge on any atom is -0.502 e. The highest BCUT2D eigenvalue weighted by Crippen LogP contribution is 2.48. The standard InChI is InChI=1S/C26H22F2N4O4S/c27-17-5-4-14-16(21(17)28)12-29-9-11-37-19-3-1-2-15(23(19)29)22(14)32-20-13-36-10-8-30(20)26(35)24-25(34)18(33)6-7-31(24)32/h1-7,20,22,34H,8-13H2/t20?,22-/m0/s1. The Bertz CT molecular complexity index is 1530. The van der Waals surface area contributed by atoms with Crippen molar-refractivity contribution in [3.8, 4) is 5.75 Å². The van der Waals surface area contributed by atoms with E-state index in [1.54, 1.807) is 22.7 Å². The molecule has 3 aromatic rings. The summed E-state index contributed by atoms with van der Waals surface area (Å²) in [7, 11) is 0. The first kappa shape index (κ1) is 22.6. The Morgan fingerprint density at radius 3 is 2.78 bits per heavy atom. The molecule has 4 aliphatic heterocycles. The Morgan fingerprint density at radius 2 is 1.92 bits per heavy atom. The van der Waals surface area contributed by atoms with Gasteiger partial charge in [-0.05, 0) is 17.7 Å². The van der Waals surface area contributed by atoms with Crippen LogP contribution in [0.15, 0.2) is 52.3 Å². The van der Waals surface area contributed by atoms with Crippen molar-refractivity contribution in [1.82, 2.24) is 9.58 Å². The Balaban J connectivity index is 1.56. The summed E-state index contributed by atoms with van der Waals surface area (Å²) in [6, 6.07) is 9.17. The van der Waals surface area contributed by atoms with Gasteiger partial charge in [0.2, 0.25) is 5.43 Å². The molecule has 5 heterocycles. The summed E-state index contributed by atoms with van der Waals surface area (Å²) < 4.78 is 37.3. The molecule has 0 radical (unpaired) electrons. The summed E-state index contributed by atoms with van der Waals surface area (Å²) in [6.07, 6.45) is 0.841. The summed E-state index contributed by atoms with van der Waals surface area (Å²) in [5, 5.41) is 12.6. The zero-order valence-electron chi connectivity index (χ0n) is 19.6. The highest BCUT2D eigenvalue weighted by atomic mass is 32.2. The van der Waals surface area contributed by atoms with E-state index in [1.807, 2.05) is 23.2 Å². The van der Waals surface area contributed by atoms with Crippen molar-refractivity contribution >= 4 is 23.4 Å². The quantitative estimate of drug-likeness (QED) is 0.525. The third kappa shape index (κ3) is 3.16. The number of hydrogen-bond acceptors (Lipinski definition) is 7. The molecule has 0 aliphatic carbocycles. The number of fused-ring (bicyclic) bond motifs is 3. The lowest BCUT2D eigenvalue weighted by molar-refractivity contribution is -0.0197. The molecule has 11 heteroatoms. The molecule has 4 aliphatic rings. The molecule has 7 rings (SSSR count). The van der Waals surface area contributed by atoms with Gasteiger partial charge >= 0.3 is 0 Å². The van der Waals surface area contributed by atoms with Crippen LogP contribution in [0.4, 0.5) is 14.5 Å². The van der Waals surface area contributed by atoms with Gasteiger partial charge in [0.05, 0.1) is 18.9 Å². The second-order valence-corrected chi connectivity index (χ2v) is 10.6. The maximum absolute atomic E-state index is 15.5. The monoisotopic (exact) mass is 524 g/mol. The number of rotatable bonds is 1. The van der Waals surface area contributed by atoms with Crippen molar-refractivity contribution in [1.29, 1.82) is 0 Å². The molecule has 8 nitrogen and oxygen atoms in total. The van der Waals surface area contributed by atoms with Crippen LogP contribution in [0.25, 0.3) is 0 Å². The minimum atomic E-state index is -0.923. The van der Waals surface area contributed by atoms with E-state index < -0.39 is 40.9 Å². The number of thioether (sulfide) groups is 1. The largest absolute Gasteiger partial charge is 0.502 e. The highest BCUT2D eigenvalue weighted by Gasteiger charge is 2.47. The van der Waals surface area contributed by atoms with Gasteiger partial charge in [-0.25, -0.2) is 8.78 Å². The molecule has 2 aromatic carbocycles. The molecule has 37 heavy (non-hydrogen) atoms. The van der Waals surface area contributed by atoms with Crippen molar-refractivity contribution in [2.45, 2.75) is 23.6 Å². The summed E-state index contributed by atoms with van der Waals surface area (Å²) in [5.74, 6) is -2.13. The number of hydrogen-bond donors (Lipinski definition) is 1. The number of aromatic nitrogens is 1. The van der Waals surface area contributed by atoms with Crippen LogP contribution in [0.5, 0.6) is 5.75 Å². The number of anilines is 1. The molecule has 0 spiro atoms. The third-order valence-corrected chi connectivity index (χ3v) is 8.60. The molecule has 190 valence electrons. The molecule has 1 N–H and O–H groups in total. The van der Waals surface area contributed by atoms with Crippen LogP contribution in [0, 0.1) is 11.6 Å². The number of benzene rings is 2. The average Bonchev–Trinajstić information content (AvgIpc) is 3.05. The number of nitrogens with zero attached hydrogens (tertiary/aromatic N) is 4. The van der Waals surface area contributed by atoms with Gasteiger partial charge in [-0.15, -0.1) is 11.8 Å². The van der Waals surface area contributed by atoms with Gasteiger partial charge in [-0.1, -0.05) is 18.2 Å². The molecule has 1 fully saturated rings. The molecule has 0 saturated carbocycles. The van der Waals surface area contributed by atoms with Gasteiger partial charge in [0.15, 0.2) is 23.1 Å². The number of carbonyl (C=O) groups is 1. The third-order valence-electron chi connectivity index (χ3n) is 7.57. The lowest BCUT2D eigenvalue weighted by Gasteiger charge is -2.51. The molecule has 1 amide bonds. The van der Waals surface area contributed by atoms with Crippen molar-refractivity contribution in [2.24, 2.45) is 0 Å². The van der Waals surface area contributed by atoms with Crippen LogP contribution in [-0.2, 0) is 11.3 Å². The van der Waals surface area contributed by atoms with Crippen LogP contribution < -0.4 is 15.3 Å². The fourth-order valence-corrected chi connectivity index (χ4v) is 7.04. The summed E-state index contributed by atoms with van der Waals surface area (Å²) in [4.78, 5) is 30.5. The smallest absolute Gasteiger partial charge is 0.278 e. The van der Waals surface area contributed by atoms with Crippen molar-refractivity contribution in [3.63, 3.8) is 0 Å². The van der Waals surface area contributed by atoms with Crippen molar-refractivity contribution in [2.75, 3.05) is 42.0 Å². The number of aromatic hydroxyl groups is 1. The first-order valence-electron chi connectivity index (χ1n) is 12.0. The molecule has 1 aromatic heterocycles. The highest BCUT2D eigenvalue weighted by molar-refractivity contribution is 7.99. The number of amides is 1. The van der Waals surface area contributed by atoms with Crippen LogP contribution in [0.3, 0.4) is 0 Å². The molecule has 0 bridgehead atoms. The number of halogens is 2. The maximum atomic E-state index is 15.5. The van der Waals surface area contributed by atoms with E-state index in [-0.39, 0.29) is 31.0 Å². The first-order chi connectivity index (χ1) is 18.0. The Labute approximate surface area is 214 Å². The maximum Gasteiger partial charge on any atom is 0.278 e. The topological polar surface area (TPSA) is 78.2 Å². The number of carbonyl (C=O) groups excluding carboxylic acids is 1. The average molecular weight is 525 g/mol. The summed E-state index contributed by atoms with van der Waals surface area (Å²) in [5.41, 5.74) is 1.77. The first-order valence-corrected chi connectivity index (χ1v) is 13.0. The molecule has 2 atom stereocenters. The number of para-hydroxylation sites is 1. The zero-order chi connectivity index (χ0) is 25.4.